The molecule has 0 radical (unpaired) electrons. The van der Waals surface area contributed by atoms with Gasteiger partial charge in [0.15, 0.2) is 0 Å². The Labute approximate surface area is 102 Å². The molecule has 2 aliphatic heterocycles. The number of rotatable bonds is 2. The standard InChI is InChI=1S/C13H21N3O/c1-9-10(2)17-13(15-9)8-16-6-11-4-3-5-14-12(11)7-16/h11-12,14H,3-8H2,1-2H3/t11-,12+/m0/s1. The molecular formula is C13H21N3O. The second kappa shape index (κ2) is 4.42. The summed E-state index contributed by atoms with van der Waals surface area (Å²) in [5, 5.41) is 3.62. The topological polar surface area (TPSA) is 41.3 Å². The Balaban J connectivity index is 1.63. The zero-order chi connectivity index (χ0) is 11.8. The van der Waals surface area contributed by atoms with E-state index in [2.05, 4.69) is 15.2 Å². The summed E-state index contributed by atoms with van der Waals surface area (Å²) in [4.78, 5) is 6.93. The van der Waals surface area contributed by atoms with Crippen LogP contribution < -0.4 is 5.32 Å². The van der Waals surface area contributed by atoms with Gasteiger partial charge in [0.25, 0.3) is 0 Å². The van der Waals surface area contributed by atoms with Crippen LogP contribution in [0, 0.1) is 19.8 Å². The average Bonchev–Trinajstić information content (AvgIpc) is 2.83. The van der Waals surface area contributed by atoms with Gasteiger partial charge in [0, 0.05) is 19.1 Å². The van der Waals surface area contributed by atoms with E-state index in [1.807, 2.05) is 13.8 Å². The number of fused-ring (bicyclic) bond motifs is 1. The van der Waals surface area contributed by atoms with Crippen molar-refractivity contribution in [3.63, 3.8) is 0 Å². The minimum absolute atomic E-state index is 0.695. The predicted octanol–water partition coefficient (Wildman–Crippen LogP) is 1.48. The Kier molecular flexibility index (Phi) is 2.92. The van der Waals surface area contributed by atoms with Crippen LogP contribution in [0.4, 0.5) is 0 Å². The molecule has 94 valence electrons. The highest BCUT2D eigenvalue weighted by Gasteiger charge is 2.34. The van der Waals surface area contributed by atoms with Crippen LogP contribution in [0.5, 0.6) is 0 Å². The predicted molar refractivity (Wildman–Crippen MR) is 65.8 cm³/mol. The smallest absolute Gasteiger partial charge is 0.208 e. The van der Waals surface area contributed by atoms with Crippen molar-refractivity contribution < 1.29 is 4.42 Å². The van der Waals surface area contributed by atoms with E-state index >= 15 is 0 Å². The molecule has 1 aromatic heterocycles. The van der Waals surface area contributed by atoms with Gasteiger partial charge in [-0.15, -0.1) is 0 Å². The van der Waals surface area contributed by atoms with E-state index < -0.39 is 0 Å². The minimum atomic E-state index is 0.695. The molecule has 0 aliphatic carbocycles. The highest BCUT2D eigenvalue weighted by atomic mass is 16.4. The molecule has 0 spiro atoms. The molecule has 0 aromatic carbocycles. The Morgan fingerprint density at radius 1 is 1.41 bits per heavy atom. The third kappa shape index (κ3) is 2.24. The molecule has 2 saturated heterocycles. The van der Waals surface area contributed by atoms with Gasteiger partial charge in [0.2, 0.25) is 5.89 Å². The van der Waals surface area contributed by atoms with Crippen LogP contribution in [0.1, 0.15) is 30.2 Å². The molecule has 17 heavy (non-hydrogen) atoms. The number of hydrogen-bond donors (Lipinski definition) is 1. The number of piperidine rings is 1. The van der Waals surface area contributed by atoms with Gasteiger partial charge >= 0.3 is 0 Å². The van der Waals surface area contributed by atoms with Crippen molar-refractivity contribution >= 4 is 0 Å². The van der Waals surface area contributed by atoms with E-state index in [1.165, 1.54) is 25.9 Å². The highest BCUT2D eigenvalue weighted by Crippen LogP contribution is 2.26. The molecule has 3 rings (SSSR count). The summed E-state index contributed by atoms with van der Waals surface area (Å²) < 4.78 is 5.66. The lowest BCUT2D eigenvalue weighted by molar-refractivity contribution is 0.276. The molecule has 2 fully saturated rings. The van der Waals surface area contributed by atoms with Crippen LogP contribution in [-0.4, -0.2) is 35.6 Å². The Bertz CT molecular complexity index is 368. The molecule has 0 amide bonds. The van der Waals surface area contributed by atoms with Crippen LogP contribution in [0.25, 0.3) is 0 Å². The van der Waals surface area contributed by atoms with Gasteiger partial charge in [0.1, 0.15) is 5.76 Å². The van der Waals surface area contributed by atoms with E-state index in [9.17, 15) is 0 Å². The van der Waals surface area contributed by atoms with Crippen LogP contribution >= 0.6 is 0 Å². The normalized spacial score (nSPS) is 29.5. The summed E-state index contributed by atoms with van der Waals surface area (Å²) in [6.07, 6.45) is 2.70. The van der Waals surface area contributed by atoms with E-state index in [1.54, 1.807) is 0 Å². The molecule has 4 heteroatoms. The Hall–Kier alpha value is -0.870. The number of aryl methyl sites for hydroxylation is 2. The minimum Gasteiger partial charge on any atom is -0.444 e. The van der Waals surface area contributed by atoms with Gasteiger partial charge in [-0.1, -0.05) is 0 Å². The molecule has 2 aliphatic rings. The van der Waals surface area contributed by atoms with Crippen molar-refractivity contribution in [1.82, 2.24) is 15.2 Å². The summed E-state index contributed by atoms with van der Waals surface area (Å²) in [6, 6.07) is 0.695. The first-order valence-corrected chi connectivity index (χ1v) is 6.61. The summed E-state index contributed by atoms with van der Waals surface area (Å²) in [7, 11) is 0. The third-order valence-electron chi connectivity index (χ3n) is 4.11. The summed E-state index contributed by atoms with van der Waals surface area (Å²) in [6.45, 7) is 8.38. The number of oxazole rings is 1. The lowest BCUT2D eigenvalue weighted by Gasteiger charge is -2.24. The number of nitrogens with zero attached hydrogens (tertiary/aromatic N) is 2. The zero-order valence-electron chi connectivity index (χ0n) is 10.7. The fourth-order valence-electron chi connectivity index (χ4n) is 3.06. The van der Waals surface area contributed by atoms with Crippen molar-refractivity contribution in [3.8, 4) is 0 Å². The lowest BCUT2D eigenvalue weighted by Crippen LogP contribution is -2.40. The fourth-order valence-corrected chi connectivity index (χ4v) is 3.06. The first-order chi connectivity index (χ1) is 8.22. The van der Waals surface area contributed by atoms with Crippen LogP contribution in [0.3, 0.4) is 0 Å². The SMILES string of the molecule is Cc1nc(CN2C[C@@H]3CCCN[C@@H]3C2)oc1C. The summed E-state index contributed by atoms with van der Waals surface area (Å²) >= 11 is 0. The fraction of sp³-hybridized carbons (Fsp3) is 0.769. The molecule has 1 N–H and O–H groups in total. The van der Waals surface area contributed by atoms with Gasteiger partial charge in [-0.3, -0.25) is 4.90 Å². The van der Waals surface area contributed by atoms with E-state index in [0.29, 0.717) is 6.04 Å². The molecule has 1 aromatic rings. The van der Waals surface area contributed by atoms with Crippen LogP contribution in [-0.2, 0) is 6.54 Å². The maximum absolute atomic E-state index is 5.66. The summed E-state index contributed by atoms with van der Waals surface area (Å²) in [5.74, 6) is 2.66. The van der Waals surface area contributed by atoms with Gasteiger partial charge in [-0.05, 0) is 39.2 Å². The van der Waals surface area contributed by atoms with Crippen molar-refractivity contribution in [3.05, 3.63) is 17.3 Å². The van der Waals surface area contributed by atoms with Gasteiger partial charge in [0.05, 0.1) is 12.2 Å². The maximum atomic E-state index is 5.66. The second-order valence-corrected chi connectivity index (χ2v) is 5.41. The lowest BCUT2D eigenvalue weighted by atomic mass is 9.94. The Morgan fingerprint density at radius 2 is 2.29 bits per heavy atom. The Morgan fingerprint density at radius 3 is 3.00 bits per heavy atom. The van der Waals surface area contributed by atoms with Crippen molar-refractivity contribution in [2.75, 3.05) is 19.6 Å². The number of likely N-dealkylation sites (tertiary alicyclic amines) is 1. The third-order valence-corrected chi connectivity index (χ3v) is 4.11. The van der Waals surface area contributed by atoms with E-state index in [4.69, 9.17) is 4.42 Å². The average molecular weight is 235 g/mol. The zero-order valence-corrected chi connectivity index (χ0v) is 10.7. The van der Waals surface area contributed by atoms with Crippen molar-refractivity contribution in [1.29, 1.82) is 0 Å². The van der Waals surface area contributed by atoms with E-state index in [0.717, 1.165) is 36.4 Å². The first kappa shape index (κ1) is 11.2. The molecule has 3 heterocycles. The molecule has 0 bridgehead atoms. The van der Waals surface area contributed by atoms with Gasteiger partial charge in [-0.2, -0.15) is 0 Å². The van der Waals surface area contributed by atoms with Crippen LogP contribution in [0.15, 0.2) is 4.42 Å². The van der Waals surface area contributed by atoms with Gasteiger partial charge in [-0.25, -0.2) is 4.98 Å². The van der Waals surface area contributed by atoms with Crippen molar-refractivity contribution in [2.24, 2.45) is 5.92 Å². The van der Waals surface area contributed by atoms with Gasteiger partial charge < -0.3 is 9.73 Å². The first-order valence-electron chi connectivity index (χ1n) is 6.61. The maximum Gasteiger partial charge on any atom is 0.208 e. The number of hydrogen-bond acceptors (Lipinski definition) is 4. The molecule has 0 unspecified atom stereocenters. The quantitative estimate of drug-likeness (QED) is 0.843. The molecular weight excluding hydrogens is 214 g/mol. The van der Waals surface area contributed by atoms with Crippen molar-refractivity contribution in [2.45, 2.75) is 39.3 Å². The highest BCUT2D eigenvalue weighted by molar-refractivity contribution is 5.05. The molecule has 4 nitrogen and oxygen atoms in total. The molecule has 2 atom stereocenters. The second-order valence-electron chi connectivity index (χ2n) is 5.41. The largest absolute Gasteiger partial charge is 0.444 e. The monoisotopic (exact) mass is 235 g/mol. The van der Waals surface area contributed by atoms with E-state index in [-0.39, 0.29) is 0 Å². The van der Waals surface area contributed by atoms with Crippen LogP contribution in [0.2, 0.25) is 0 Å². The number of nitrogens with one attached hydrogen (secondary N) is 1. The molecule has 0 saturated carbocycles. The summed E-state index contributed by atoms with van der Waals surface area (Å²) in [5.41, 5.74) is 1.02. The number of aromatic nitrogens is 1.